The largest absolute Gasteiger partial charge is 0.509 e. The van der Waals surface area contributed by atoms with Gasteiger partial charge in [-0.05, 0) is 0 Å². The predicted molar refractivity (Wildman–Crippen MR) is 42.0 cm³/mol. The Labute approximate surface area is 62.2 Å². The van der Waals surface area contributed by atoms with Crippen LogP contribution in [-0.2, 0) is 0 Å². The fourth-order valence-electron chi connectivity index (χ4n) is 0.592. The second kappa shape index (κ2) is 3.49. The molecule has 2 nitrogen and oxygen atoms in total. The molecule has 0 amide bonds. The molecule has 0 rings (SSSR count). The normalized spacial score (nSPS) is 14.2. The molecule has 2 heteroatoms. The lowest BCUT2D eigenvalue weighted by atomic mass is 10.1. The summed E-state index contributed by atoms with van der Waals surface area (Å²) in [6.45, 7) is 7.36. The van der Waals surface area contributed by atoms with Gasteiger partial charge in [0.25, 0.3) is 0 Å². The second-order valence-corrected chi connectivity index (χ2v) is 3.08. The molecule has 0 saturated heterocycles. The van der Waals surface area contributed by atoms with E-state index in [4.69, 9.17) is 0 Å². The van der Waals surface area contributed by atoms with Crippen molar-refractivity contribution in [1.82, 2.24) is 0 Å². The van der Waals surface area contributed by atoms with Crippen LogP contribution in [0.3, 0.4) is 0 Å². The standard InChI is InChI=1S/C8H16O2/c1-5(2)7(9)8(10)6(3)4/h5-6,9-10H,1-4H3. The van der Waals surface area contributed by atoms with E-state index in [9.17, 15) is 10.2 Å². The third kappa shape index (κ3) is 2.29. The molecule has 10 heavy (non-hydrogen) atoms. The molecule has 0 spiro atoms. The average Bonchev–Trinajstić information content (AvgIpc) is 1.84. The molecular formula is C8H16O2. The third-order valence-corrected chi connectivity index (χ3v) is 1.36. The minimum Gasteiger partial charge on any atom is -0.509 e. The average molecular weight is 144 g/mol. The molecule has 0 radical (unpaired) electrons. The summed E-state index contributed by atoms with van der Waals surface area (Å²) in [7, 11) is 0. The van der Waals surface area contributed by atoms with E-state index in [1.807, 2.05) is 27.7 Å². The summed E-state index contributed by atoms with van der Waals surface area (Å²) in [6, 6.07) is 0. The number of rotatable bonds is 2. The van der Waals surface area contributed by atoms with Crippen molar-refractivity contribution in [2.24, 2.45) is 11.8 Å². The van der Waals surface area contributed by atoms with Crippen molar-refractivity contribution < 1.29 is 10.2 Å². The first kappa shape index (κ1) is 9.34. The Bertz CT molecular complexity index is 118. The van der Waals surface area contributed by atoms with Gasteiger partial charge in [-0.25, -0.2) is 0 Å². The number of hydrogen-bond donors (Lipinski definition) is 2. The van der Waals surface area contributed by atoms with Gasteiger partial charge >= 0.3 is 0 Å². The predicted octanol–water partition coefficient (Wildman–Crippen LogP) is 2.63. The van der Waals surface area contributed by atoms with Crippen molar-refractivity contribution in [1.29, 1.82) is 0 Å². The second-order valence-electron chi connectivity index (χ2n) is 3.08. The molecule has 0 aromatic heterocycles. The zero-order chi connectivity index (χ0) is 8.31. The van der Waals surface area contributed by atoms with Crippen LogP contribution in [0, 0.1) is 11.8 Å². The first-order valence-corrected chi connectivity index (χ1v) is 3.58. The van der Waals surface area contributed by atoms with Gasteiger partial charge in [0.05, 0.1) is 0 Å². The molecule has 0 saturated carbocycles. The van der Waals surface area contributed by atoms with E-state index in [0.717, 1.165) is 0 Å². The maximum Gasteiger partial charge on any atom is 0.132 e. The summed E-state index contributed by atoms with van der Waals surface area (Å²) in [5, 5.41) is 18.4. The maximum absolute atomic E-state index is 9.20. The fraction of sp³-hybridized carbons (Fsp3) is 0.750. The first-order valence-electron chi connectivity index (χ1n) is 3.58. The Kier molecular flexibility index (Phi) is 3.26. The van der Waals surface area contributed by atoms with Crippen molar-refractivity contribution in [2.75, 3.05) is 0 Å². The topological polar surface area (TPSA) is 40.5 Å². The van der Waals surface area contributed by atoms with E-state index in [2.05, 4.69) is 0 Å². The van der Waals surface area contributed by atoms with E-state index >= 15 is 0 Å². The zero-order valence-electron chi connectivity index (χ0n) is 7.05. The van der Waals surface area contributed by atoms with Crippen LogP contribution in [0.2, 0.25) is 0 Å². The van der Waals surface area contributed by atoms with Crippen molar-refractivity contribution in [3.05, 3.63) is 11.5 Å². The Morgan fingerprint density at radius 3 is 1.10 bits per heavy atom. The van der Waals surface area contributed by atoms with Crippen molar-refractivity contribution in [3.63, 3.8) is 0 Å². The van der Waals surface area contributed by atoms with Gasteiger partial charge < -0.3 is 10.2 Å². The van der Waals surface area contributed by atoms with E-state index in [1.165, 1.54) is 0 Å². The molecule has 0 aliphatic heterocycles. The Balaban J connectivity index is 4.34. The summed E-state index contributed by atoms with van der Waals surface area (Å²) >= 11 is 0. The number of aliphatic hydroxyl groups excluding tert-OH is 2. The molecule has 2 N–H and O–H groups in total. The lowest BCUT2D eigenvalue weighted by Crippen LogP contribution is -2.03. The van der Waals surface area contributed by atoms with Crippen LogP contribution in [0.5, 0.6) is 0 Å². The van der Waals surface area contributed by atoms with Gasteiger partial charge in [0.1, 0.15) is 11.5 Å². The Hall–Kier alpha value is -0.660. The van der Waals surface area contributed by atoms with Crippen LogP contribution < -0.4 is 0 Å². The lowest BCUT2D eigenvalue weighted by molar-refractivity contribution is 0.259. The van der Waals surface area contributed by atoms with Gasteiger partial charge in [0.2, 0.25) is 0 Å². The molecule has 0 aromatic carbocycles. The number of aliphatic hydroxyl groups is 2. The summed E-state index contributed by atoms with van der Waals surface area (Å²) in [4.78, 5) is 0. The maximum atomic E-state index is 9.20. The molecule has 60 valence electrons. The van der Waals surface area contributed by atoms with Gasteiger partial charge in [-0.3, -0.25) is 0 Å². The van der Waals surface area contributed by atoms with Crippen molar-refractivity contribution in [3.8, 4) is 0 Å². The highest BCUT2D eigenvalue weighted by atomic mass is 16.3. The van der Waals surface area contributed by atoms with Gasteiger partial charge in [-0.2, -0.15) is 0 Å². The van der Waals surface area contributed by atoms with Crippen LogP contribution in [0.4, 0.5) is 0 Å². The van der Waals surface area contributed by atoms with Gasteiger partial charge in [0, 0.05) is 11.8 Å². The van der Waals surface area contributed by atoms with Crippen LogP contribution in [0.15, 0.2) is 11.5 Å². The molecular weight excluding hydrogens is 128 g/mol. The number of hydrogen-bond acceptors (Lipinski definition) is 2. The summed E-state index contributed by atoms with van der Waals surface area (Å²) in [5.41, 5.74) is 0. The van der Waals surface area contributed by atoms with Gasteiger partial charge in [0.15, 0.2) is 0 Å². The molecule has 0 unspecified atom stereocenters. The molecule has 0 atom stereocenters. The molecule has 0 aliphatic carbocycles. The molecule has 0 heterocycles. The van der Waals surface area contributed by atoms with Crippen LogP contribution in [0.1, 0.15) is 27.7 Å². The SMILES string of the molecule is CC(C)C(O)=C(O)C(C)C. The highest BCUT2D eigenvalue weighted by molar-refractivity contribution is 5.02. The van der Waals surface area contributed by atoms with E-state index in [-0.39, 0.29) is 23.4 Å². The Morgan fingerprint density at radius 1 is 0.800 bits per heavy atom. The lowest BCUT2D eigenvalue weighted by Gasteiger charge is -2.09. The zero-order valence-corrected chi connectivity index (χ0v) is 7.05. The monoisotopic (exact) mass is 144 g/mol. The quantitative estimate of drug-likeness (QED) is 0.585. The smallest absolute Gasteiger partial charge is 0.132 e. The summed E-state index contributed by atoms with van der Waals surface area (Å²) in [5.74, 6) is 0.245. The molecule has 0 aliphatic rings. The van der Waals surface area contributed by atoms with E-state index in [1.54, 1.807) is 0 Å². The van der Waals surface area contributed by atoms with Crippen LogP contribution in [-0.4, -0.2) is 10.2 Å². The van der Waals surface area contributed by atoms with Gasteiger partial charge in [-0.15, -0.1) is 0 Å². The van der Waals surface area contributed by atoms with Gasteiger partial charge in [-0.1, -0.05) is 27.7 Å². The van der Waals surface area contributed by atoms with Crippen molar-refractivity contribution in [2.45, 2.75) is 27.7 Å². The van der Waals surface area contributed by atoms with Crippen LogP contribution >= 0.6 is 0 Å². The fourth-order valence-corrected chi connectivity index (χ4v) is 0.592. The molecule has 0 bridgehead atoms. The minimum atomic E-state index is 0.0161. The summed E-state index contributed by atoms with van der Waals surface area (Å²) < 4.78 is 0. The minimum absolute atomic E-state index is 0.0161. The highest BCUT2D eigenvalue weighted by Crippen LogP contribution is 2.15. The first-order chi connectivity index (χ1) is 4.46. The van der Waals surface area contributed by atoms with Crippen molar-refractivity contribution >= 4 is 0 Å². The third-order valence-electron chi connectivity index (χ3n) is 1.36. The number of allylic oxidation sites excluding steroid dienone is 2. The summed E-state index contributed by atoms with van der Waals surface area (Å²) in [6.07, 6.45) is 0. The Morgan fingerprint density at radius 2 is 1.00 bits per heavy atom. The highest BCUT2D eigenvalue weighted by Gasteiger charge is 2.10. The molecule has 0 fully saturated rings. The van der Waals surface area contributed by atoms with Crippen LogP contribution in [0.25, 0.3) is 0 Å². The van der Waals surface area contributed by atoms with E-state index in [0.29, 0.717) is 0 Å². The molecule has 0 aromatic rings. The van der Waals surface area contributed by atoms with E-state index < -0.39 is 0 Å².